The van der Waals surface area contributed by atoms with E-state index in [1.807, 2.05) is 6.07 Å². The Morgan fingerprint density at radius 2 is 1.89 bits per heavy atom. The van der Waals surface area contributed by atoms with Gasteiger partial charge in [0.25, 0.3) is 0 Å². The van der Waals surface area contributed by atoms with E-state index in [0.29, 0.717) is 5.02 Å². The van der Waals surface area contributed by atoms with Gasteiger partial charge in [0, 0.05) is 12.4 Å². The summed E-state index contributed by atoms with van der Waals surface area (Å²) < 4.78 is 0. The molecule has 1 atom stereocenters. The van der Waals surface area contributed by atoms with Gasteiger partial charge < -0.3 is 0 Å². The highest BCUT2D eigenvalue weighted by Crippen LogP contribution is 2.28. The highest BCUT2D eigenvalue weighted by Gasteiger charge is 2.15. The summed E-state index contributed by atoms with van der Waals surface area (Å²) in [6.07, 6.45) is 3.35. The Balaban J connectivity index is 2.48. The molecule has 0 saturated heterocycles. The Kier molecular flexibility index (Phi) is 3.97. The van der Waals surface area contributed by atoms with E-state index >= 15 is 0 Å². The first-order valence-corrected chi connectivity index (χ1v) is 6.13. The van der Waals surface area contributed by atoms with Crippen molar-refractivity contribution in [1.29, 1.82) is 0 Å². The molecular formula is C14H16ClN3. The molecule has 4 heteroatoms. The van der Waals surface area contributed by atoms with Crippen LogP contribution in [0.5, 0.6) is 0 Å². The van der Waals surface area contributed by atoms with Gasteiger partial charge in [-0.05, 0) is 31.0 Å². The van der Waals surface area contributed by atoms with Gasteiger partial charge in [0.05, 0.1) is 11.1 Å². The largest absolute Gasteiger partial charge is 0.271 e. The van der Waals surface area contributed by atoms with Crippen molar-refractivity contribution in [2.24, 2.45) is 5.84 Å². The molecule has 0 fully saturated rings. The van der Waals surface area contributed by atoms with Crippen LogP contribution in [-0.4, -0.2) is 4.98 Å². The van der Waals surface area contributed by atoms with Crippen LogP contribution in [0.25, 0.3) is 0 Å². The fourth-order valence-electron chi connectivity index (χ4n) is 2.16. The molecule has 1 aromatic carbocycles. The average molecular weight is 262 g/mol. The summed E-state index contributed by atoms with van der Waals surface area (Å²) in [6.45, 7) is 4.14. The van der Waals surface area contributed by atoms with E-state index in [1.54, 1.807) is 12.4 Å². The predicted octanol–water partition coefficient (Wildman–Crippen LogP) is 2.90. The summed E-state index contributed by atoms with van der Waals surface area (Å²) in [5, 5.41) is 0.611. The Bertz CT molecular complexity index is 534. The molecule has 0 radical (unpaired) electrons. The second-order valence-electron chi connectivity index (χ2n) is 4.42. The van der Waals surface area contributed by atoms with Gasteiger partial charge in [0.15, 0.2) is 0 Å². The zero-order valence-electron chi connectivity index (χ0n) is 10.4. The van der Waals surface area contributed by atoms with Crippen LogP contribution in [0.2, 0.25) is 5.02 Å². The molecule has 2 aromatic rings. The van der Waals surface area contributed by atoms with Gasteiger partial charge >= 0.3 is 0 Å². The summed E-state index contributed by atoms with van der Waals surface area (Å²) in [5.74, 6) is 5.68. The molecule has 1 unspecified atom stereocenters. The predicted molar refractivity (Wildman–Crippen MR) is 74.3 cm³/mol. The molecule has 0 aliphatic rings. The summed E-state index contributed by atoms with van der Waals surface area (Å²) >= 11 is 6.17. The van der Waals surface area contributed by atoms with Crippen molar-refractivity contribution in [3.05, 3.63) is 63.9 Å². The van der Waals surface area contributed by atoms with Crippen LogP contribution in [0, 0.1) is 13.8 Å². The quantitative estimate of drug-likeness (QED) is 0.660. The zero-order valence-corrected chi connectivity index (χ0v) is 11.2. The molecule has 0 bridgehead atoms. The van der Waals surface area contributed by atoms with Crippen LogP contribution in [-0.2, 0) is 0 Å². The Labute approximate surface area is 112 Å². The summed E-state index contributed by atoms with van der Waals surface area (Å²) in [5.41, 5.74) is 7.26. The van der Waals surface area contributed by atoms with Gasteiger partial charge in [0.1, 0.15) is 0 Å². The molecule has 3 nitrogen and oxygen atoms in total. The number of rotatable bonds is 3. The lowest BCUT2D eigenvalue weighted by atomic mass is 9.97. The minimum Gasteiger partial charge on any atom is -0.271 e. The number of halogens is 1. The third-order valence-electron chi connectivity index (χ3n) is 2.86. The molecule has 0 aliphatic carbocycles. The topological polar surface area (TPSA) is 50.9 Å². The highest BCUT2D eigenvalue weighted by atomic mass is 35.5. The number of benzene rings is 1. The highest BCUT2D eigenvalue weighted by molar-refractivity contribution is 6.31. The SMILES string of the molecule is Cc1cc(C)cc(C(NN)c2ccncc2Cl)c1. The van der Waals surface area contributed by atoms with Crippen molar-refractivity contribution in [1.82, 2.24) is 10.4 Å². The molecule has 18 heavy (non-hydrogen) atoms. The van der Waals surface area contributed by atoms with E-state index in [4.69, 9.17) is 17.4 Å². The monoisotopic (exact) mass is 261 g/mol. The van der Waals surface area contributed by atoms with Gasteiger partial charge in [-0.25, -0.2) is 5.43 Å². The van der Waals surface area contributed by atoms with Crippen molar-refractivity contribution >= 4 is 11.6 Å². The lowest BCUT2D eigenvalue weighted by molar-refractivity contribution is 0.635. The fraction of sp³-hybridized carbons (Fsp3) is 0.214. The first-order chi connectivity index (χ1) is 8.61. The van der Waals surface area contributed by atoms with Gasteiger partial charge in [0.2, 0.25) is 0 Å². The van der Waals surface area contributed by atoms with Crippen molar-refractivity contribution in [2.45, 2.75) is 19.9 Å². The van der Waals surface area contributed by atoms with Gasteiger partial charge in [-0.1, -0.05) is 40.9 Å². The van der Waals surface area contributed by atoms with Crippen LogP contribution in [0.3, 0.4) is 0 Å². The smallest absolute Gasteiger partial charge is 0.0725 e. The molecular weight excluding hydrogens is 246 g/mol. The van der Waals surface area contributed by atoms with Crippen LogP contribution in [0.15, 0.2) is 36.7 Å². The molecule has 0 saturated carbocycles. The van der Waals surface area contributed by atoms with Crippen LogP contribution >= 0.6 is 11.6 Å². The number of hydrogen-bond acceptors (Lipinski definition) is 3. The van der Waals surface area contributed by atoms with Crippen molar-refractivity contribution in [2.75, 3.05) is 0 Å². The van der Waals surface area contributed by atoms with Crippen molar-refractivity contribution in [3.8, 4) is 0 Å². The number of aryl methyl sites for hydroxylation is 2. The minimum absolute atomic E-state index is 0.126. The van der Waals surface area contributed by atoms with E-state index in [-0.39, 0.29) is 6.04 Å². The zero-order chi connectivity index (χ0) is 13.1. The summed E-state index contributed by atoms with van der Waals surface area (Å²) in [4.78, 5) is 3.99. The number of pyridine rings is 1. The molecule has 0 aliphatic heterocycles. The molecule has 1 heterocycles. The average Bonchev–Trinajstić information content (AvgIpc) is 2.31. The number of nitrogens with one attached hydrogen (secondary N) is 1. The Morgan fingerprint density at radius 1 is 1.22 bits per heavy atom. The second kappa shape index (κ2) is 5.48. The number of aromatic nitrogens is 1. The van der Waals surface area contributed by atoms with Gasteiger partial charge in [-0.3, -0.25) is 10.8 Å². The number of hydrogen-bond donors (Lipinski definition) is 2. The number of nitrogens with two attached hydrogens (primary N) is 1. The normalized spacial score (nSPS) is 12.4. The number of nitrogens with zero attached hydrogens (tertiary/aromatic N) is 1. The maximum atomic E-state index is 6.17. The van der Waals surface area contributed by atoms with Crippen LogP contribution in [0.4, 0.5) is 0 Å². The summed E-state index contributed by atoms with van der Waals surface area (Å²) in [6, 6.07) is 8.09. The molecule has 3 N–H and O–H groups in total. The van der Waals surface area contributed by atoms with E-state index in [1.165, 1.54) is 11.1 Å². The fourth-order valence-corrected chi connectivity index (χ4v) is 2.39. The molecule has 0 amide bonds. The minimum atomic E-state index is -0.126. The first-order valence-electron chi connectivity index (χ1n) is 5.75. The van der Waals surface area contributed by atoms with E-state index in [9.17, 15) is 0 Å². The van der Waals surface area contributed by atoms with Crippen molar-refractivity contribution < 1.29 is 0 Å². The van der Waals surface area contributed by atoms with E-state index < -0.39 is 0 Å². The van der Waals surface area contributed by atoms with E-state index in [0.717, 1.165) is 11.1 Å². The van der Waals surface area contributed by atoms with Gasteiger partial charge in [-0.2, -0.15) is 0 Å². The lowest BCUT2D eigenvalue weighted by Gasteiger charge is -2.19. The van der Waals surface area contributed by atoms with E-state index in [2.05, 4.69) is 42.5 Å². The van der Waals surface area contributed by atoms with Crippen LogP contribution in [0.1, 0.15) is 28.3 Å². The maximum absolute atomic E-state index is 6.17. The third kappa shape index (κ3) is 2.70. The maximum Gasteiger partial charge on any atom is 0.0725 e. The van der Waals surface area contributed by atoms with Crippen LogP contribution < -0.4 is 11.3 Å². The number of hydrazine groups is 1. The standard InChI is InChI=1S/C14H16ClN3/c1-9-5-10(2)7-11(6-9)14(18-16)12-3-4-17-8-13(12)15/h3-8,14,18H,16H2,1-2H3. The lowest BCUT2D eigenvalue weighted by Crippen LogP contribution is -2.29. The third-order valence-corrected chi connectivity index (χ3v) is 3.17. The first kappa shape index (κ1) is 13.0. The molecule has 2 rings (SSSR count). The Morgan fingerprint density at radius 3 is 2.44 bits per heavy atom. The Hall–Kier alpha value is -1.42. The molecule has 0 spiro atoms. The molecule has 94 valence electrons. The van der Waals surface area contributed by atoms with Crippen molar-refractivity contribution in [3.63, 3.8) is 0 Å². The molecule has 1 aromatic heterocycles. The van der Waals surface area contributed by atoms with Gasteiger partial charge in [-0.15, -0.1) is 0 Å². The summed E-state index contributed by atoms with van der Waals surface area (Å²) in [7, 11) is 0. The second-order valence-corrected chi connectivity index (χ2v) is 4.83.